The third-order valence-corrected chi connectivity index (χ3v) is 4.41. The van der Waals surface area contributed by atoms with E-state index in [0.29, 0.717) is 0 Å². The van der Waals surface area contributed by atoms with Gasteiger partial charge in [0.25, 0.3) is 0 Å². The minimum Gasteiger partial charge on any atom is -0.383 e. The van der Waals surface area contributed by atoms with E-state index in [1.54, 1.807) is 0 Å². The average molecular weight is 307 g/mol. The summed E-state index contributed by atoms with van der Waals surface area (Å²) < 4.78 is 1.99. The largest absolute Gasteiger partial charge is 0.383 e. The predicted molar refractivity (Wildman–Crippen MR) is 93.3 cm³/mol. The Morgan fingerprint density at radius 3 is 2.74 bits per heavy atom. The van der Waals surface area contributed by atoms with Gasteiger partial charge in [0.15, 0.2) is 0 Å². The van der Waals surface area contributed by atoms with Gasteiger partial charge in [-0.2, -0.15) is 0 Å². The molecule has 0 bridgehead atoms. The Balaban J connectivity index is 1.46. The maximum Gasteiger partial charge on any atom is 0.133 e. The summed E-state index contributed by atoms with van der Waals surface area (Å²) in [6, 6.07) is 15.1. The van der Waals surface area contributed by atoms with E-state index in [0.717, 1.165) is 25.9 Å². The molecule has 1 aliphatic rings. The van der Waals surface area contributed by atoms with Crippen molar-refractivity contribution in [1.82, 2.24) is 14.6 Å². The van der Waals surface area contributed by atoms with Crippen molar-refractivity contribution in [3.8, 4) is 0 Å². The molecule has 0 radical (unpaired) electrons. The van der Waals surface area contributed by atoms with Crippen molar-refractivity contribution in [2.24, 2.45) is 7.05 Å². The highest BCUT2D eigenvalue weighted by atomic mass is 15.6. The summed E-state index contributed by atoms with van der Waals surface area (Å²) in [5.41, 5.74) is 6.36. The Bertz CT molecular complexity index is 814. The molecule has 2 N–H and O–H groups in total. The number of rotatable bonds is 4. The molecule has 1 aliphatic heterocycles. The molecule has 5 heteroatoms. The van der Waals surface area contributed by atoms with Crippen LogP contribution in [0.1, 0.15) is 11.1 Å². The highest BCUT2D eigenvalue weighted by Crippen LogP contribution is 2.31. The van der Waals surface area contributed by atoms with Crippen LogP contribution in [0.4, 0.5) is 17.1 Å². The Morgan fingerprint density at radius 1 is 1.09 bits per heavy atom. The summed E-state index contributed by atoms with van der Waals surface area (Å²) >= 11 is 0. The normalized spacial score (nSPS) is 12.9. The van der Waals surface area contributed by atoms with Gasteiger partial charge < -0.3 is 10.6 Å². The molecule has 0 saturated heterocycles. The van der Waals surface area contributed by atoms with Gasteiger partial charge in [-0.1, -0.05) is 18.2 Å². The summed E-state index contributed by atoms with van der Waals surface area (Å²) in [4.78, 5) is 1.94. The van der Waals surface area contributed by atoms with Crippen molar-refractivity contribution in [1.29, 1.82) is 0 Å². The third kappa shape index (κ3) is 2.82. The fourth-order valence-corrected chi connectivity index (χ4v) is 3.05. The van der Waals surface area contributed by atoms with Crippen molar-refractivity contribution in [2.45, 2.75) is 19.4 Å². The maximum atomic E-state index is 4.17. The van der Waals surface area contributed by atoms with Crippen LogP contribution < -0.4 is 10.6 Å². The molecule has 0 aliphatic carbocycles. The number of aromatic nitrogens is 3. The van der Waals surface area contributed by atoms with Crippen LogP contribution in [0.15, 0.2) is 48.8 Å². The first kappa shape index (κ1) is 13.9. The average Bonchev–Trinajstić information content (AvgIpc) is 2.76. The van der Waals surface area contributed by atoms with Crippen molar-refractivity contribution in [3.63, 3.8) is 0 Å². The molecule has 1 aromatic heterocycles. The molecule has 0 amide bonds. The lowest BCUT2D eigenvalue weighted by molar-refractivity contribution is 0.371. The summed E-state index contributed by atoms with van der Waals surface area (Å²) in [6.45, 7) is 1.74. The lowest BCUT2D eigenvalue weighted by Gasteiger charge is -2.16. The van der Waals surface area contributed by atoms with Crippen LogP contribution in [0.2, 0.25) is 0 Å². The molecule has 118 valence electrons. The van der Waals surface area contributed by atoms with Crippen molar-refractivity contribution in [3.05, 3.63) is 59.9 Å². The first-order valence-electron chi connectivity index (χ1n) is 8.06. The monoisotopic (exact) mass is 307 g/mol. The molecule has 0 atom stereocenters. The molecular weight excluding hydrogens is 286 g/mol. The number of anilines is 3. The van der Waals surface area contributed by atoms with E-state index in [1.807, 2.05) is 22.9 Å². The standard InChI is InChI=1S/C18H21N5/c1-22-13-20-23(22)11-10-19-16-8-9-18-15(12-16)7-6-14-4-2-3-5-17(14)21-18/h2-5,8-9,12-13,19,21H,6-7,10-11H2,1H3. The molecule has 2 heterocycles. The molecule has 3 aromatic rings. The van der Waals surface area contributed by atoms with Gasteiger partial charge in [-0.05, 0) is 48.2 Å². The molecular formula is C18H21N5. The second-order valence-corrected chi connectivity index (χ2v) is 5.98. The summed E-state index contributed by atoms with van der Waals surface area (Å²) in [6.07, 6.45) is 3.95. The van der Waals surface area contributed by atoms with Crippen LogP contribution in [0, 0.1) is 0 Å². The Hall–Kier alpha value is -2.69. The predicted octanol–water partition coefficient (Wildman–Crippen LogP) is 3.18. The minimum absolute atomic E-state index is 0.869. The summed E-state index contributed by atoms with van der Waals surface area (Å²) in [5, 5.41) is 11.2. The number of para-hydroxylation sites is 1. The van der Waals surface area contributed by atoms with Crippen LogP contribution in [0.25, 0.3) is 0 Å². The van der Waals surface area contributed by atoms with E-state index in [1.165, 1.54) is 28.2 Å². The van der Waals surface area contributed by atoms with E-state index in [-0.39, 0.29) is 0 Å². The van der Waals surface area contributed by atoms with E-state index in [2.05, 4.69) is 58.2 Å². The number of nitrogens with one attached hydrogen (secondary N) is 2. The quantitative estimate of drug-likeness (QED) is 0.778. The first-order valence-corrected chi connectivity index (χ1v) is 8.06. The number of fused-ring (bicyclic) bond motifs is 2. The van der Waals surface area contributed by atoms with E-state index >= 15 is 0 Å². The van der Waals surface area contributed by atoms with Crippen molar-refractivity contribution in [2.75, 3.05) is 17.2 Å². The molecule has 2 aromatic carbocycles. The van der Waals surface area contributed by atoms with Gasteiger partial charge in [0.05, 0.1) is 6.54 Å². The van der Waals surface area contributed by atoms with E-state index < -0.39 is 0 Å². The number of hydrogen-bond acceptors (Lipinski definition) is 3. The van der Waals surface area contributed by atoms with Crippen molar-refractivity contribution >= 4 is 17.1 Å². The fraction of sp³-hybridized carbons (Fsp3) is 0.278. The second-order valence-electron chi connectivity index (χ2n) is 5.98. The lowest BCUT2D eigenvalue weighted by atomic mass is 10.0. The number of benzene rings is 2. The van der Waals surface area contributed by atoms with E-state index in [9.17, 15) is 0 Å². The Labute approximate surface area is 135 Å². The highest BCUT2D eigenvalue weighted by Gasteiger charge is 2.12. The second kappa shape index (κ2) is 5.83. The van der Waals surface area contributed by atoms with Crippen LogP contribution in [0.5, 0.6) is 0 Å². The molecule has 0 fully saturated rings. The molecule has 0 unspecified atom stereocenters. The fourth-order valence-electron chi connectivity index (χ4n) is 3.05. The molecule has 0 saturated carbocycles. The number of hydrogen-bond donors (Lipinski definition) is 2. The van der Waals surface area contributed by atoms with Gasteiger partial charge in [-0.25, -0.2) is 4.80 Å². The third-order valence-electron chi connectivity index (χ3n) is 4.41. The Morgan fingerprint density at radius 2 is 1.91 bits per heavy atom. The van der Waals surface area contributed by atoms with Gasteiger partial charge in [0.1, 0.15) is 6.33 Å². The number of aryl methyl sites for hydroxylation is 3. The van der Waals surface area contributed by atoms with Crippen LogP contribution in [0.3, 0.4) is 0 Å². The summed E-state index contributed by atoms with van der Waals surface area (Å²) in [7, 11) is 2.00. The van der Waals surface area contributed by atoms with Gasteiger partial charge in [0.2, 0.25) is 0 Å². The molecule has 5 nitrogen and oxygen atoms in total. The zero-order valence-electron chi connectivity index (χ0n) is 13.3. The minimum atomic E-state index is 0.869. The Kier molecular flexibility index (Phi) is 3.54. The first-order chi connectivity index (χ1) is 11.3. The molecule has 23 heavy (non-hydrogen) atoms. The zero-order chi connectivity index (χ0) is 15.6. The zero-order valence-corrected chi connectivity index (χ0v) is 13.3. The smallest absolute Gasteiger partial charge is 0.133 e. The van der Waals surface area contributed by atoms with Gasteiger partial charge in [0, 0.05) is 30.7 Å². The van der Waals surface area contributed by atoms with Gasteiger partial charge in [-0.3, -0.25) is 4.68 Å². The van der Waals surface area contributed by atoms with Crippen molar-refractivity contribution < 1.29 is 0 Å². The van der Waals surface area contributed by atoms with Gasteiger partial charge in [-0.15, -0.1) is 5.10 Å². The SMILES string of the molecule is Cn1cnn1CCNc1ccc2c(c1)CCc1ccccc1N2. The topological polar surface area (TPSA) is 46.8 Å². The maximum absolute atomic E-state index is 4.17. The van der Waals surface area contributed by atoms with Gasteiger partial charge >= 0.3 is 0 Å². The van der Waals surface area contributed by atoms with E-state index in [4.69, 9.17) is 0 Å². The summed E-state index contributed by atoms with van der Waals surface area (Å²) in [5.74, 6) is 0. The van der Waals surface area contributed by atoms with Crippen LogP contribution in [-0.2, 0) is 26.4 Å². The molecule has 4 rings (SSSR count). The lowest BCUT2D eigenvalue weighted by Crippen LogP contribution is -2.25. The highest BCUT2D eigenvalue weighted by molar-refractivity contribution is 5.70. The van der Waals surface area contributed by atoms with Crippen LogP contribution >= 0.6 is 0 Å². The number of nitrogens with zero attached hydrogens (tertiary/aromatic N) is 3. The molecule has 0 spiro atoms. The van der Waals surface area contributed by atoms with Crippen LogP contribution in [-0.4, -0.2) is 21.1 Å².